The van der Waals surface area contributed by atoms with Crippen molar-refractivity contribution in [3.63, 3.8) is 0 Å². The topological polar surface area (TPSA) is 49.6 Å². The highest BCUT2D eigenvalue weighted by Crippen LogP contribution is 2.22. The number of piperazine rings is 1. The molecule has 0 bridgehead atoms. The van der Waals surface area contributed by atoms with Crippen LogP contribution in [0.25, 0.3) is 0 Å². The first kappa shape index (κ1) is 15.9. The molecule has 4 nitrogen and oxygen atoms in total. The van der Waals surface area contributed by atoms with Gasteiger partial charge >= 0.3 is 6.18 Å². The Morgan fingerprint density at radius 3 is 2.38 bits per heavy atom. The molecule has 1 fully saturated rings. The number of anilines is 1. The smallest absolute Gasteiger partial charge is 0.398 e. The van der Waals surface area contributed by atoms with Crippen LogP contribution in [0, 0.1) is 0 Å². The summed E-state index contributed by atoms with van der Waals surface area (Å²) in [5.74, 6) is -0.247. The van der Waals surface area contributed by atoms with Gasteiger partial charge in [0.1, 0.15) is 0 Å². The van der Waals surface area contributed by atoms with E-state index in [2.05, 4.69) is 0 Å². The fourth-order valence-corrected chi connectivity index (χ4v) is 2.39. The van der Waals surface area contributed by atoms with E-state index in [1.54, 1.807) is 6.07 Å². The lowest BCUT2D eigenvalue weighted by Gasteiger charge is -2.35. The third-order valence-electron chi connectivity index (χ3n) is 3.31. The van der Waals surface area contributed by atoms with E-state index in [-0.39, 0.29) is 37.1 Å². The van der Waals surface area contributed by atoms with E-state index in [0.29, 0.717) is 11.3 Å². The van der Waals surface area contributed by atoms with Crippen LogP contribution in [0.3, 0.4) is 0 Å². The van der Waals surface area contributed by atoms with Crippen molar-refractivity contribution in [2.75, 3.05) is 38.5 Å². The average molecular weight is 322 g/mol. The Morgan fingerprint density at radius 1 is 1.24 bits per heavy atom. The number of alkyl halides is 3. The molecule has 2 N–H and O–H groups in total. The van der Waals surface area contributed by atoms with Gasteiger partial charge in [-0.25, -0.2) is 0 Å². The van der Waals surface area contributed by atoms with Gasteiger partial charge in [-0.3, -0.25) is 9.69 Å². The summed E-state index contributed by atoms with van der Waals surface area (Å²) in [5.41, 5.74) is 6.34. The monoisotopic (exact) mass is 321 g/mol. The zero-order valence-electron chi connectivity index (χ0n) is 11.2. The van der Waals surface area contributed by atoms with Crippen LogP contribution in [0.15, 0.2) is 18.2 Å². The molecule has 2 rings (SSSR count). The predicted molar refractivity (Wildman–Crippen MR) is 74.3 cm³/mol. The molecule has 0 unspecified atom stereocenters. The molecule has 0 aromatic heterocycles. The third kappa shape index (κ3) is 4.25. The van der Waals surface area contributed by atoms with Gasteiger partial charge in [0.15, 0.2) is 0 Å². The van der Waals surface area contributed by atoms with Crippen molar-refractivity contribution in [3.05, 3.63) is 28.8 Å². The summed E-state index contributed by atoms with van der Waals surface area (Å²) in [6.07, 6.45) is -4.21. The van der Waals surface area contributed by atoms with Gasteiger partial charge in [0.2, 0.25) is 0 Å². The molecule has 0 atom stereocenters. The van der Waals surface area contributed by atoms with E-state index < -0.39 is 12.7 Å². The maximum absolute atomic E-state index is 12.3. The number of nitrogens with two attached hydrogens (primary N) is 1. The summed E-state index contributed by atoms with van der Waals surface area (Å²) in [4.78, 5) is 15.1. The van der Waals surface area contributed by atoms with Crippen LogP contribution in [-0.4, -0.2) is 54.6 Å². The highest BCUT2D eigenvalue weighted by molar-refractivity contribution is 6.33. The molecule has 1 amide bonds. The lowest BCUT2D eigenvalue weighted by Crippen LogP contribution is -2.50. The van der Waals surface area contributed by atoms with Gasteiger partial charge in [0, 0.05) is 31.7 Å². The summed E-state index contributed by atoms with van der Waals surface area (Å²) < 4.78 is 36.9. The largest absolute Gasteiger partial charge is 0.401 e. The van der Waals surface area contributed by atoms with Crippen molar-refractivity contribution < 1.29 is 18.0 Å². The highest BCUT2D eigenvalue weighted by atomic mass is 35.5. The molecule has 0 aliphatic carbocycles. The van der Waals surface area contributed by atoms with Crippen molar-refractivity contribution in [3.8, 4) is 0 Å². The fourth-order valence-electron chi connectivity index (χ4n) is 2.21. The standard InChI is InChI=1S/C13H15ClF3N3O/c14-10-7-9(1-2-11(10)18)12(21)20-5-3-19(4-6-20)8-13(15,16)17/h1-2,7H,3-6,8,18H2. The second kappa shape index (κ2) is 6.11. The van der Waals surface area contributed by atoms with Crippen molar-refractivity contribution in [1.29, 1.82) is 0 Å². The normalized spacial score (nSPS) is 17.0. The van der Waals surface area contributed by atoms with Gasteiger partial charge in [-0.1, -0.05) is 11.6 Å². The van der Waals surface area contributed by atoms with Crippen LogP contribution in [-0.2, 0) is 0 Å². The minimum Gasteiger partial charge on any atom is -0.398 e. The third-order valence-corrected chi connectivity index (χ3v) is 3.64. The van der Waals surface area contributed by atoms with Crippen LogP contribution in [0.5, 0.6) is 0 Å². The molecular formula is C13H15ClF3N3O. The number of halogens is 4. The van der Waals surface area contributed by atoms with Gasteiger partial charge in [0.25, 0.3) is 5.91 Å². The zero-order chi connectivity index (χ0) is 15.6. The van der Waals surface area contributed by atoms with E-state index in [1.807, 2.05) is 0 Å². The molecule has 1 aromatic rings. The second-order valence-corrected chi connectivity index (χ2v) is 5.33. The van der Waals surface area contributed by atoms with E-state index in [0.717, 1.165) is 0 Å². The number of amides is 1. The summed E-state index contributed by atoms with van der Waals surface area (Å²) in [6, 6.07) is 4.57. The average Bonchev–Trinajstić information content (AvgIpc) is 2.40. The first-order chi connectivity index (χ1) is 9.76. The van der Waals surface area contributed by atoms with Crippen LogP contribution in [0.4, 0.5) is 18.9 Å². The van der Waals surface area contributed by atoms with Crippen LogP contribution >= 0.6 is 11.6 Å². The maximum Gasteiger partial charge on any atom is 0.401 e. The minimum atomic E-state index is -4.21. The van der Waals surface area contributed by atoms with Gasteiger partial charge < -0.3 is 10.6 Å². The molecule has 1 aliphatic rings. The molecule has 1 aliphatic heterocycles. The van der Waals surface area contributed by atoms with Crippen LogP contribution < -0.4 is 5.73 Å². The van der Waals surface area contributed by atoms with Crippen molar-refractivity contribution >= 4 is 23.2 Å². The molecule has 116 valence electrons. The van der Waals surface area contributed by atoms with Gasteiger partial charge in [0.05, 0.1) is 17.3 Å². The molecular weight excluding hydrogens is 307 g/mol. The Labute approximate surface area is 125 Å². The Kier molecular flexibility index (Phi) is 4.63. The lowest BCUT2D eigenvalue weighted by molar-refractivity contribution is -0.148. The number of carbonyl (C=O) groups excluding carboxylic acids is 1. The van der Waals surface area contributed by atoms with Crippen molar-refractivity contribution in [1.82, 2.24) is 9.80 Å². The Hall–Kier alpha value is -1.47. The van der Waals surface area contributed by atoms with E-state index in [9.17, 15) is 18.0 Å². The molecule has 8 heteroatoms. The first-order valence-corrected chi connectivity index (χ1v) is 6.77. The van der Waals surface area contributed by atoms with Gasteiger partial charge in [-0.05, 0) is 18.2 Å². The summed E-state index contributed by atoms with van der Waals surface area (Å²) in [5, 5.41) is 0.288. The Bertz CT molecular complexity index is 528. The first-order valence-electron chi connectivity index (χ1n) is 6.40. The number of benzene rings is 1. The fraction of sp³-hybridized carbons (Fsp3) is 0.462. The molecule has 21 heavy (non-hydrogen) atoms. The Balaban J connectivity index is 1.95. The maximum atomic E-state index is 12.3. The second-order valence-electron chi connectivity index (χ2n) is 4.92. The Morgan fingerprint density at radius 2 is 1.86 bits per heavy atom. The number of carbonyl (C=O) groups is 1. The molecule has 1 heterocycles. The van der Waals surface area contributed by atoms with Crippen molar-refractivity contribution in [2.24, 2.45) is 0 Å². The predicted octanol–water partition coefficient (Wildman–Crippen LogP) is 2.24. The van der Waals surface area contributed by atoms with E-state index >= 15 is 0 Å². The van der Waals surface area contributed by atoms with E-state index in [4.69, 9.17) is 17.3 Å². The summed E-state index contributed by atoms with van der Waals surface area (Å²) in [7, 11) is 0. The van der Waals surface area contributed by atoms with Crippen molar-refractivity contribution in [2.45, 2.75) is 6.18 Å². The highest BCUT2D eigenvalue weighted by Gasteiger charge is 2.33. The molecule has 0 saturated carbocycles. The zero-order valence-corrected chi connectivity index (χ0v) is 11.9. The number of nitrogen functional groups attached to an aromatic ring is 1. The number of rotatable bonds is 2. The quantitative estimate of drug-likeness (QED) is 0.850. The van der Waals surface area contributed by atoms with Gasteiger partial charge in [-0.15, -0.1) is 0 Å². The molecule has 1 saturated heterocycles. The van der Waals surface area contributed by atoms with Crippen LogP contribution in [0.2, 0.25) is 5.02 Å². The lowest BCUT2D eigenvalue weighted by atomic mass is 10.1. The van der Waals surface area contributed by atoms with Crippen LogP contribution in [0.1, 0.15) is 10.4 Å². The SMILES string of the molecule is Nc1ccc(C(=O)N2CCN(CC(F)(F)F)CC2)cc1Cl. The summed E-state index contributed by atoms with van der Waals surface area (Å²) >= 11 is 5.86. The molecule has 0 radical (unpaired) electrons. The molecule has 1 aromatic carbocycles. The minimum absolute atomic E-state index is 0.202. The number of hydrogen-bond acceptors (Lipinski definition) is 3. The molecule has 0 spiro atoms. The summed E-state index contributed by atoms with van der Waals surface area (Å²) in [6.45, 7) is -0.0154. The number of nitrogens with zero attached hydrogens (tertiary/aromatic N) is 2. The number of hydrogen-bond donors (Lipinski definition) is 1. The van der Waals surface area contributed by atoms with E-state index in [1.165, 1.54) is 21.9 Å². The van der Waals surface area contributed by atoms with Gasteiger partial charge in [-0.2, -0.15) is 13.2 Å².